The Bertz CT molecular complexity index is 893. The Balaban J connectivity index is 4.41. The average molecular weight is 424 g/mol. The van der Waals surface area contributed by atoms with Gasteiger partial charge in [0.05, 0.1) is 6.61 Å². The molecule has 0 radical (unpaired) electrons. The highest BCUT2D eigenvalue weighted by molar-refractivity contribution is 5.88. The van der Waals surface area contributed by atoms with Crippen LogP contribution in [0.1, 0.15) is 20.3 Å². The molecule has 0 aromatic carbocycles. The molecule has 0 N–H and O–H groups in total. The van der Waals surface area contributed by atoms with Crippen molar-refractivity contribution >= 4 is 17.9 Å². The van der Waals surface area contributed by atoms with E-state index in [1.165, 1.54) is 37.3 Å². The van der Waals surface area contributed by atoms with Crippen molar-refractivity contribution in [2.24, 2.45) is 0 Å². The molecule has 0 fully saturated rings. The predicted molar refractivity (Wildman–Crippen MR) is 121 cm³/mol. The predicted octanol–water partition coefficient (Wildman–Crippen LogP) is 4.97. The van der Waals surface area contributed by atoms with Crippen molar-refractivity contribution < 1.29 is 28.6 Å². The summed E-state index contributed by atoms with van der Waals surface area (Å²) in [5.41, 5.74) is 1.68. The highest BCUT2D eigenvalue weighted by Gasteiger charge is 2.04. The van der Waals surface area contributed by atoms with E-state index in [9.17, 15) is 14.4 Å². The van der Waals surface area contributed by atoms with Crippen molar-refractivity contribution in [3.05, 3.63) is 110 Å². The van der Waals surface area contributed by atoms with Gasteiger partial charge in [0.2, 0.25) is 0 Å². The van der Waals surface area contributed by atoms with Gasteiger partial charge in [0, 0.05) is 23.6 Å². The van der Waals surface area contributed by atoms with Crippen LogP contribution in [0.3, 0.4) is 0 Å². The van der Waals surface area contributed by atoms with Crippen LogP contribution in [0.2, 0.25) is 0 Å². The Kier molecular flexibility index (Phi) is 12.3. The normalized spacial score (nSPS) is 10.6. The lowest BCUT2D eigenvalue weighted by Gasteiger charge is -2.04. The molecule has 0 bridgehead atoms. The summed E-state index contributed by atoms with van der Waals surface area (Å²) in [5, 5.41) is 0. The maximum atomic E-state index is 11.8. The lowest BCUT2D eigenvalue weighted by molar-refractivity contribution is -0.139. The molecule has 0 saturated carbocycles. The molecule has 31 heavy (non-hydrogen) atoms. The number of ether oxygens (including phenoxy) is 3. The zero-order valence-corrected chi connectivity index (χ0v) is 18.1. The average Bonchev–Trinajstić information content (AvgIpc) is 2.68. The van der Waals surface area contributed by atoms with Gasteiger partial charge in [-0.2, -0.15) is 0 Å². The second-order valence-corrected chi connectivity index (χ2v) is 6.42. The van der Waals surface area contributed by atoms with Crippen LogP contribution in [-0.2, 0) is 28.6 Å². The molecule has 0 aromatic heterocycles. The highest BCUT2D eigenvalue weighted by atomic mass is 16.5. The molecular weight excluding hydrogens is 396 g/mol. The molecule has 0 aliphatic rings. The van der Waals surface area contributed by atoms with E-state index in [1.807, 2.05) is 0 Å². The number of carbonyl (C=O) groups excluding carboxylic acids is 3. The van der Waals surface area contributed by atoms with E-state index >= 15 is 0 Å². The van der Waals surface area contributed by atoms with E-state index < -0.39 is 17.9 Å². The summed E-state index contributed by atoms with van der Waals surface area (Å²) < 4.78 is 14.9. The number of hydrogen-bond acceptors (Lipinski definition) is 6. The number of carbonyl (C=O) groups is 3. The van der Waals surface area contributed by atoms with Gasteiger partial charge in [-0.3, -0.25) is 0 Å². The van der Waals surface area contributed by atoms with Crippen LogP contribution in [0.5, 0.6) is 0 Å². The highest BCUT2D eigenvalue weighted by Crippen LogP contribution is 2.07. The second kappa shape index (κ2) is 14.1. The Morgan fingerprint density at radius 3 is 1.77 bits per heavy atom. The molecule has 0 heterocycles. The Labute approximate surface area is 183 Å². The SMILES string of the molecule is C=C(/C=C\C(=C)OC(=O)C(=C)C)/C=C/C(=O)OC(=C)/C=C\C(=C)CCOC(=O)C(=C)C. The minimum absolute atomic E-state index is 0.107. The van der Waals surface area contributed by atoms with Gasteiger partial charge in [-0.1, -0.05) is 57.2 Å². The van der Waals surface area contributed by atoms with Crippen LogP contribution in [0, 0.1) is 0 Å². The lowest BCUT2D eigenvalue weighted by atomic mass is 10.2. The van der Waals surface area contributed by atoms with Gasteiger partial charge in [0.1, 0.15) is 11.5 Å². The standard InChI is InChI=1S/C25H28O6/c1-17(2)24(27)29-16-15-20(6)10-12-21(7)30-23(26)14-11-19(5)9-13-22(8)31-25(28)18(3)4/h9-14H,1,3,5-8,15-16H2,2,4H3/b12-10-,13-9-,14-11+. The van der Waals surface area contributed by atoms with Crippen LogP contribution in [0.4, 0.5) is 0 Å². The van der Waals surface area contributed by atoms with Crippen molar-refractivity contribution in [2.45, 2.75) is 20.3 Å². The van der Waals surface area contributed by atoms with Crippen LogP contribution in [-0.4, -0.2) is 24.5 Å². The van der Waals surface area contributed by atoms with Crippen molar-refractivity contribution in [3.8, 4) is 0 Å². The molecule has 0 amide bonds. The third-order valence-corrected chi connectivity index (χ3v) is 3.23. The maximum Gasteiger partial charge on any atom is 0.338 e. The van der Waals surface area contributed by atoms with E-state index in [-0.39, 0.29) is 23.7 Å². The number of hydrogen-bond donors (Lipinski definition) is 0. The van der Waals surface area contributed by atoms with Gasteiger partial charge in [0.15, 0.2) is 0 Å². The third-order valence-electron chi connectivity index (χ3n) is 3.23. The van der Waals surface area contributed by atoms with E-state index in [4.69, 9.17) is 14.2 Å². The molecule has 0 aromatic rings. The van der Waals surface area contributed by atoms with Crippen LogP contribution >= 0.6 is 0 Å². The van der Waals surface area contributed by atoms with Crippen molar-refractivity contribution in [3.63, 3.8) is 0 Å². The van der Waals surface area contributed by atoms with Crippen LogP contribution in [0.15, 0.2) is 110 Å². The molecule has 6 heteroatoms. The Morgan fingerprint density at radius 1 is 0.677 bits per heavy atom. The van der Waals surface area contributed by atoms with Crippen molar-refractivity contribution in [1.29, 1.82) is 0 Å². The fraction of sp³-hybridized carbons (Fsp3) is 0.160. The van der Waals surface area contributed by atoms with Gasteiger partial charge < -0.3 is 14.2 Å². The van der Waals surface area contributed by atoms with E-state index in [0.29, 0.717) is 23.1 Å². The molecule has 164 valence electrons. The topological polar surface area (TPSA) is 78.9 Å². The van der Waals surface area contributed by atoms with E-state index in [2.05, 4.69) is 39.5 Å². The minimum Gasteiger partial charge on any atom is -0.462 e. The summed E-state index contributed by atoms with van der Waals surface area (Å²) in [6.45, 7) is 24.9. The molecule has 0 atom stereocenters. The zero-order chi connectivity index (χ0) is 24.0. The number of esters is 3. The molecule has 0 rings (SSSR count). The number of allylic oxidation sites excluding steroid dienone is 6. The zero-order valence-electron chi connectivity index (χ0n) is 18.1. The fourth-order valence-corrected chi connectivity index (χ4v) is 1.56. The van der Waals surface area contributed by atoms with Gasteiger partial charge >= 0.3 is 17.9 Å². The molecule has 0 spiro atoms. The first-order valence-corrected chi connectivity index (χ1v) is 9.13. The summed E-state index contributed by atoms with van der Waals surface area (Å²) >= 11 is 0. The molecular formula is C25H28O6. The molecule has 0 aliphatic heterocycles. The maximum absolute atomic E-state index is 11.8. The van der Waals surface area contributed by atoms with Gasteiger partial charge in [-0.15, -0.1) is 0 Å². The Hall–Kier alpha value is -3.93. The quantitative estimate of drug-likeness (QED) is 0.137. The third kappa shape index (κ3) is 13.8. The largest absolute Gasteiger partial charge is 0.462 e. The van der Waals surface area contributed by atoms with Gasteiger partial charge in [0.25, 0.3) is 0 Å². The molecule has 6 nitrogen and oxygen atoms in total. The smallest absolute Gasteiger partial charge is 0.338 e. The van der Waals surface area contributed by atoms with E-state index in [0.717, 1.165) is 0 Å². The molecule has 0 unspecified atom stereocenters. The number of rotatable bonds is 13. The van der Waals surface area contributed by atoms with Crippen LogP contribution < -0.4 is 0 Å². The first kappa shape index (κ1) is 27.1. The first-order valence-electron chi connectivity index (χ1n) is 9.13. The lowest BCUT2D eigenvalue weighted by Crippen LogP contribution is -2.06. The van der Waals surface area contributed by atoms with Crippen molar-refractivity contribution in [2.75, 3.05) is 6.61 Å². The molecule has 0 aliphatic carbocycles. The van der Waals surface area contributed by atoms with Gasteiger partial charge in [-0.25, -0.2) is 14.4 Å². The summed E-state index contributed by atoms with van der Waals surface area (Å²) in [4.78, 5) is 34.5. The van der Waals surface area contributed by atoms with E-state index in [1.54, 1.807) is 13.0 Å². The summed E-state index contributed by atoms with van der Waals surface area (Å²) in [6.07, 6.45) is 9.02. The summed E-state index contributed by atoms with van der Waals surface area (Å²) in [6, 6.07) is 0. The Morgan fingerprint density at radius 2 is 1.19 bits per heavy atom. The second-order valence-electron chi connectivity index (χ2n) is 6.42. The monoisotopic (exact) mass is 424 g/mol. The molecule has 0 saturated heterocycles. The summed E-state index contributed by atoms with van der Waals surface area (Å²) in [7, 11) is 0. The minimum atomic E-state index is -0.655. The first-order chi connectivity index (χ1) is 14.4. The van der Waals surface area contributed by atoms with Crippen molar-refractivity contribution in [1.82, 2.24) is 0 Å². The summed E-state index contributed by atoms with van der Waals surface area (Å²) in [5.74, 6) is -1.48. The van der Waals surface area contributed by atoms with Gasteiger partial charge in [-0.05, 0) is 37.6 Å². The fourth-order valence-electron chi connectivity index (χ4n) is 1.56. The van der Waals surface area contributed by atoms with Crippen LogP contribution in [0.25, 0.3) is 0 Å².